The fraction of sp³-hybridized carbons (Fsp3) is 0.471. The lowest BCUT2D eigenvalue weighted by Gasteiger charge is -2.31. The summed E-state index contributed by atoms with van der Waals surface area (Å²) >= 11 is 0. The lowest BCUT2D eigenvalue weighted by Crippen LogP contribution is -2.42. The van der Waals surface area contributed by atoms with Crippen LogP contribution in [0.1, 0.15) is 25.3 Å². The second kappa shape index (κ2) is 7.72. The summed E-state index contributed by atoms with van der Waals surface area (Å²) in [5.74, 6) is 2.28. The van der Waals surface area contributed by atoms with Gasteiger partial charge in [0.05, 0.1) is 6.54 Å². The summed E-state index contributed by atoms with van der Waals surface area (Å²) in [7, 11) is 0. The van der Waals surface area contributed by atoms with E-state index in [1.54, 1.807) is 6.08 Å². The highest BCUT2D eigenvalue weighted by atomic mass is 16.5. The Labute approximate surface area is 127 Å². The Morgan fingerprint density at radius 2 is 2.14 bits per heavy atom. The Kier molecular flexibility index (Phi) is 5.67. The molecule has 1 fully saturated rings. The summed E-state index contributed by atoms with van der Waals surface area (Å²) in [5, 5.41) is 0. The molecule has 0 radical (unpaired) electrons. The van der Waals surface area contributed by atoms with E-state index in [1.807, 2.05) is 24.3 Å². The van der Waals surface area contributed by atoms with Gasteiger partial charge in [0.25, 0.3) is 0 Å². The summed E-state index contributed by atoms with van der Waals surface area (Å²) in [4.78, 5) is 6.70. The van der Waals surface area contributed by atoms with Gasteiger partial charge in [-0.1, -0.05) is 37.8 Å². The Hall–Kier alpha value is -1.97. The van der Waals surface area contributed by atoms with Crippen LogP contribution >= 0.6 is 0 Å². The molecule has 0 atom stereocenters. The quantitative estimate of drug-likeness (QED) is 0.515. The highest BCUT2D eigenvalue weighted by Gasteiger charge is 2.16. The van der Waals surface area contributed by atoms with Crippen LogP contribution < -0.4 is 10.5 Å². The number of piperidine rings is 1. The van der Waals surface area contributed by atoms with E-state index in [0.29, 0.717) is 19.1 Å². The third-order valence-electron chi connectivity index (χ3n) is 3.85. The van der Waals surface area contributed by atoms with Crippen molar-refractivity contribution in [3.8, 4) is 5.75 Å². The minimum atomic E-state index is 0.500. The number of nitrogens with two attached hydrogens (primary N) is 1. The topological polar surface area (TPSA) is 50.9 Å². The third-order valence-corrected chi connectivity index (χ3v) is 3.85. The van der Waals surface area contributed by atoms with Crippen LogP contribution in [0.5, 0.6) is 5.75 Å². The average Bonchev–Trinajstić information content (AvgIpc) is 2.52. The van der Waals surface area contributed by atoms with E-state index in [9.17, 15) is 0 Å². The molecular formula is C17H25N3O. The molecule has 1 saturated heterocycles. The van der Waals surface area contributed by atoms with Crippen LogP contribution in [0, 0.1) is 5.92 Å². The van der Waals surface area contributed by atoms with E-state index < -0.39 is 0 Å². The van der Waals surface area contributed by atoms with Crippen molar-refractivity contribution in [2.75, 3.05) is 19.7 Å². The van der Waals surface area contributed by atoms with Crippen LogP contribution in [0.3, 0.4) is 0 Å². The molecule has 21 heavy (non-hydrogen) atoms. The van der Waals surface area contributed by atoms with Gasteiger partial charge in [-0.3, -0.25) is 0 Å². The standard InChI is InChI=1S/C17H25N3O/c1-3-12-21-16-7-5-4-6-15(16)13-19-17(18)20-10-8-14(2)9-11-20/h3-7,14H,1,8-13H2,2H3,(H2,18,19). The number of guanidine groups is 1. The first-order chi connectivity index (χ1) is 10.2. The van der Waals surface area contributed by atoms with E-state index in [1.165, 1.54) is 12.8 Å². The maximum atomic E-state index is 6.11. The zero-order valence-electron chi connectivity index (χ0n) is 12.8. The molecule has 0 unspecified atom stereocenters. The highest BCUT2D eigenvalue weighted by molar-refractivity contribution is 5.78. The van der Waals surface area contributed by atoms with Crippen LogP contribution in [-0.2, 0) is 6.54 Å². The van der Waals surface area contributed by atoms with E-state index >= 15 is 0 Å². The molecule has 1 heterocycles. The van der Waals surface area contributed by atoms with E-state index in [-0.39, 0.29) is 0 Å². The minimum Gasteiger partial charge on any atom is -0.489 e. The molecule has 1 aromatic carbocycles. The van der Waals surface area contributed by atoms with Gasteiger partial charge in [-0.25, -0.2) is 4.99 Å². The van der Waals surface area contributed by atoms with Crippen molar-refractivity contribution in [2.45, 2.75) is 26.3 Å². The number of rotatable bonds is 5. The molecule has 0 spiro atoms. The monoisotopic (exact) mass is 287 g/mol. The lowest BCUT2D eigenvalue weighted by molar-refractivity contribution is 0.277. The average molecular weight is 287 g/mol. The number of ether oxygens (including phenoxy) is 1. The summed E-state index contributed by atoms with van der Waals surface area (Å²) in [6.45, 7) is 9.01. The molecule has 0 bridgehead atoms. The van der Waals surface area contributed by atoms with Gasteiger partial charge in [-0.2, -0.15) is 0 Å². The Bertz CT molecular complexity index is 491. The van der Waals surface area contributed by atoms with Gasteiger partial charge in [0.2, 0.25) is 0 Å². The van der Waals surface area contributed by atoms with E-state index in [2.05, 4.69) is 23.4 Å². The van der Waals surface area contributed by atoms with Crippen LogP contribution in [-0.4, -0.2) is 30.6 Å². The largest absolute Gasteiger partial charge is 0.489 e. The summed E-state index contributed by atoms with van der Waals surface area (Å²) in [6, 6.07) is 7.92. The normalized spacial score (nSPS) is 16.8. The maximum Gasteiger partial charge on any atom is 0.191 e. The second-order valence-electron chi connectivity index (χ2n) is 5.55. The van der Waals surface area contributed by atoms with Gasteiger partial charge in [-0.15, -0.1) is 0 Å². The zero-order valence-corrected chi connectivity index (χ0v) is 12.8. The Balaban J connectivity index is 1.97. The molecule has 2 rings (SSSR count). The van der Waals surface area contributed by atoms with Crippen molar-refractivity contribution < 1.29 is 4.74 Å². The first-order valence-electron chi connectivity index (χ1n) is 7.57. The molecule has 2 N–H and O–H groups in total. The number of aliphatic imine (C=N–C) groups is 1. The molecule has 4 heteroatoms. The zero-order chi connectivity index (χ0) is 15.1. The summed E-state index contributed by atoms with van der Waals surface area (Å²) in [6.07, 6.45) is 4.12. The van der Waals surface area contributed by atoms with Gasteiger partial charge < -0.3 is 15.4 Å². The predicted molar refractivity (Wildman–Crippen MR) is 87.4 cm³/mol. The van der Waals surface area contributed by atoms with Crippen molar-refractivity contribution >= 4 is 5.96 Å². The van der Waals surface area contributed by atoms with Crippen molar-refractivity contribution in [1.82, 2.24) is 4.90 Å². The molecule has 1 aliphatic rings. The number of hydrogen-bond donors (Lipinski definition) is 1. The van der Waals surface area contributed by atoms with Crippen molar-refractivity contribution in [1.29, 1.82) is 0 Å². The molecule has 1 aromatic rings. The molecule has 114 valence electrons. The summed E-state index contributed by atoms with van der Waals surface area (Å²) < 4.78 is 5.64. The second-order valence-corrected chi connectivity index (χ2v) is 5.55. The molecule has 1 aliphatic heterocycles. The molecule has 0 amide bonds. The molecule has 0 aliphatic carbocycles. The number of nitrogens with zero attached hydrogens (tertiary/aromatic N) is 2. The van der Waals surface area contributed by atoms with Gasteiger partial charge in [0, 0.05) is 18.7 Å². The molecule has 0 aromatic heterocycles. The molecular weight excluding hydrogens is 262 g/mol. The van der Waals surface area contributed by atoms with Crippen LogP contribution in [0.15, 0.2) is 41.9 Å². The predicted octanol–water partition coefficient (Wildman–Crippen LogP) is 2.80. The Morgan fingerprint density at radius 1 is 1.43 bits per heavy atom. The van der Waals surface area contributed by atoms with Crippen LogP contribution in [0.2, 0.25) is 0 Å². The van der Waals surface area contributed by atoms with Crippen LogP contribution in [0.25, 0.3) is 0 Å². The minimum absolute atomic E-state index is 0.500. The fourth-order valence-electron chi connectivity index (χ4n) is 2.43. The SMILES string of the molecule is C=CCOc1ccccc1CN=C(N)N1CCC(C)CC1. The van der Waals surface area contributed by atoms with Gasteiger partial charge in [-0.05, 0) is 24.8 Å². The number of likely N-dealkylation sites (tertiary alicyclic amines) is 1. The molecule has 0 saturated carbocycles. The maximum absolute atomic E-state index is 6.11. The first kappa shape index (κ1) is 15.4. The number of para-hydroxylation sites is 1. The smallest absolute Gasteiger partial charge is 0.191 e. The first-order valence-corrected chi connectivity index (χ1v) is 7.57. The highest BCUT2D eigenvalue weighted by Crippen LogP contribution is 2.19. The van der Waals surface area contributed by atoms with Gasteiger partial charge in [0.1, 0.15) is 12.4 Å². The van der Waals surface area contributed by atoms with Crippen molar-refractivity contribution in [3.05, 3.63) is 42.5 Å². The molecule has 4 nitrogen and oxygen atoms in total. The van der Waals surface area contributed by atoms with Gasteiger partial charge in [0.15, 0.2) is 5.96 Å². The van der Waals surface area contributed by atoms with E-state index in [0.717, 1.165) is 30.3 Å². The van der Waals surface area contributed by atoms with Crippen molar-refractivity contribution in [3.63, 3.8) is 0 Å². The number of hydrogen-bond acceptors (Lipinski definition) is 2. The Morgan fingerprint density at radius 3 is 2.86 bits per heavy atom. The fourth-order valence-corrected chi connectivity index (χ4v) is 2.43. The van der Waals surface area contributed by atoms with Crippen LogP contribution in [0.4, 0.5) is 0 Å². The van der Waals surface area contributed by atoms with E-state index in [4.69, 9.17) is 10.5 Å². The third kappa shape index (κ3) is 4.52. The van der Waals surface area contributed by atoms with Crippen molar-refractivity contribution in [2.24, 2.45) is 16.6 Å². The number of benzene rings is 1. The lowest BCUT2D eigenvalue weighted by atomic mass is 10.00. The summed E-state index contributed by atoms with van der Waals surface area (Å²) in [5.41, 5.74) is 7.16. The van der Waals surface area contributed by atoms with Gasteiger partial charge >= 0.3 is 0 Å².